The number of hydrogen-bond acceptors (Lipinski definition) is 4. The van der Waals surface area contributed by atoms with Gasteiger partial charge in [-0.25, -0.2) is 0 Å². The lowest BCUT2D eigenvalue weighted by Crippen LogP contribution is -2.54. The van der Waals surface area contributed by atoms with Gasteiger partial charge in [-0.15, -0.1) is 0 Å². The number of amides is 1. The third kappa shape index (κ3) is 4.22. The molecule has 2 saturated heterocycles. The van der Waals surface area contributed by atoms with Crippen LogP contribution in [0.25, 0.3) is 0 Å². The van der Waals surface area contributed by atoms with Crippen molar-refractivity contribution in [1.82, 2.24) is 15.5 Å². The highest BCUT2D eigenvalue weighted by Crippen LogP contribution is 2.35. The van der Waals surface area contributed by atoms with Crippen LogP contribution < -0.4 is 10.6 Å². The quantitative estimate of drug-likeness (QED) is 0.769. The lowest BCUT2D eigenvalue weighted by molar-refractivity contribution is -0.130. The van der Waals surface area contributed by atoms with Crippen molar-refractivity contribution in [2.75, 3.05) is 39.8 Å². The van der Waals surface area contributed by atoms with Crippen LogP contribution in [-0.2, 0) is 10.2 Å². The number of aliphatic hydroxyl groups is 1. The average molecular weight is 345 g/mol. The number of carbonyl (C=O) groups excluding carboxylic acids is 1. The molecule has 5 heteroatoms. The maximum absolute atomic E-state index is 13.2. The monoisotopic (exact) mass is 345 g/mol. The Hall–Kier alpha value is -1.43. The van der Waals surface area contributed by atoms with Gasteiger partial charge in [-0.2, -0.15) is 0 Å². The van der Waals surface area contributed by atoms with Crippen LogP contribution in [0.1, 0.15) is 37.7 Å². The molecule has 0 spiro atoms. The second kappa shape index (κ2) is 7.85. The second-order valence-electron chi connectivity index (χ2n) is 7.76. The maximum atomic E-state index is 13.2. The Morgan fingerprint density at radius 2 is 1.88 bits per heavy atom. The summed E-state index contributed by atoms with van der Waals surface area (Å²) in [6.07, 6.45) is 4.01. The van der Waals surface area contributed by atoms with Crippen molar-refractivity contribution in [2.45, 2.75) is 43.1 Å². The molecule has 0 radical (unpaired) electrons. The summed E-state index contributed by atoms with van der Waals surface area (Å²) >= 11 is 0. The third-order valence-electron chi connectivity index (χ3n) is 5.94. The van der Waals surface area contributed by atoms with E-state index in [1.54, 1.807) is 0 Å². The highest BCUT2D eigenvalue weighted by Gasteiger charge is 2.43. The lowest BCUT2D eigenvalue weighted by Gasteiger charge is -2.40. The fourth-order valence-electron chi connectivity index (χ4n) is 4.11. The van der Waals surface area contributed by atoms with Crippen LogP contribution >= 0.6 is 0 Å². The molecule has 2 aliphatic heterocycles. The molecule has 0 aromatic heterocycles. The van der Waals surface area contributed by atoms with Gasteiger partial charge in [0.2, 0.25) is 5.91 Å². The number of carbonyl (C=O) groups is 1. The summed E-state index contributed by atoms with van der Waals surface area (Å²) in [6.45, 7) is 3.92. The molecule has 2 fully saturated rings. The van der Waals surface area contributed by atoms with E-state index < -0.39 is 11.0 Å². The smallest absolute Gasteiger partial charge is 0.230 e. The van der Waals surface area contributed by atoms with Crippen molar-refractivity contribution in [2.24, 2.45) is 0 Å². The average Bonchev–Trinajstić information content (AvgIpc) is 2.86. The first kappa shape index (κ1) is 18.4. The van der Waals surface area contributed by atoms with Crippen molar-refractivity contribution >= 4 is 5.91 Å². The first-order chi connectivity index (χ1) is 12.0. The van der Waals surface area contributed by atoms with E-state index in [0.29, 0.717) is 13.0 Å². The van der Waals surface area contributed by atoms with E-state index in [2.05, 4.69) is 34.7 Å². The fraction of sp³-hybridized carbons (Fsp3) is 0.650. The van der Waals surface area contributed by atoms with E-state index in [-0.39, 0.29) is 5.91 Å². The molecule has 3 rings (SSSR count). The van der Waals surface area contributed by atoms with Gasteiger partial charge < -0.3 is 20.6 Å². The van der Waals surface area contributed by atoms with Crippen molar-refractivity contribution in [3.8, 4) is 0 Å². The SMILES string of the molecule is CN1CCC(C(=O)NC[C@@]2(O)CCCNCC2)(c2ccccc2)CC1. The molecule has 1 atom stereocenters. The molecule has 0 saturated carbocycles. The Bertz CT molecular complexity index is 560. The number of nitrogens with zero attached hydrogens (tertiary/aromatic N) is 1. The minimum absolute atomic E-state index is 0.0671. The van der Waals surface area contributed by atoms with Crippen LogP contribution in [0, 0.1) is 0 Å². The van der Waals surface area contributed by atoms with Gasteiger partial charge in [-0.1, -0.05) is 30.3 Å². The summed E-state index contributed by atoms with van der Waals surface area (Å²) < 4.78 is 0. The Kier molecular flexibility index (Phi) is 5.77. The molecular formula is C20H31N3O2. The second-order valence-corrected chi connectivity index (χ2v) is 7.76. The van der Waals surface area contributed by atoms with Crippen molar-refractivity contribution < 1.29 is 9.90 Å². The molecule has 3 N–H and O–H groups in total. The van der Waals surface area contributed by atoms with Gasteiger partial charge in [-0.05, 0) is 70.9 Å². The number of likely N-dealkylation sites (tertiary alicyclic amines) is 1. The van der Waals surface area contributed by atoms with Crippen LogP contribution in [-0.4, -0.2) is 61.3 Å². The molecule has 0 unspecified atom stereocenters. The van der Waals surface area contributed by atoms with Crippen LogP contribution in [0.2, 0.25) is 0 Å². The third-order valence-corrected chi connectivity index (χ3v) is 5.94. The molecule has 25 heavy (non-hydrogen) atoms. The molecule has 1 aromatic rings. The highest BCUT2D eigenvalue weighted by molar-refractivity contribution is 5.88. The predicted octanol–water partition coefficient (Wildman–Crippen LogP) is 1.27. The lowest BCUT2D eigenvalue weighted by atomic mass is 9.72. The van der Waals surface area contributed by atoms with Crippen molar-refractivity contribution in [3.05, 3.63) is 35.9 Å². The van der Waals surface area contributed by atoms with Gasteiger partial charge in [0.1, 0.15) is 0 Å². The molecule has 5 nitrogen and oxygen atoms in total. The predicted molar refractivity (Wildman–Crippen MR) is 99.5 cm³/mol. The van der Waals surface area contributed by atoms with Crippen LogP contribution in [0.3, 0.4) is 0 Å². The Morgan fingerprint density at radius 1 is 1.16 bits per heavy atom. The first-order valence-electron chi connectivity index (χ1n) is 9.50. The molecule has 1 aromatic carbocycles. The van der Waals surface area contributed by atoms with E-state index >= 15 is 0 Å². The zero-order valence-corrected chi connectivity index (χ0v) is 15.3. The topological polar surface area (TPSA) is 64.6 Å². The summed E-state index contributed by atoms with van der Waals surface area (Å²) in [6, 6.07) is 10.1. The van der Waals surface area contributed by atoms with Gasteiger partial charge >= 0.3 is 0 Å². The van der Waals surface area contributed by atoms with Gasteiger partial charge in [-0.3, -0.25) is 4.79 Å². The van der Waals surface area contributed by atoms with Gasteiger partial charge in [0.25, 0.3) is 0 Å². The maximum Gasteiger partial charge on any atom is 0.230 e. The Morgan fingerprint density at radius 3 is 2.60 bits per heavy atom. The largest absolute Gasteiger partial charge is 0.388 e. The fourth-order valence-corrected chi connectivity index (χ4v) is 4.11. The van der Waals surface area contributed by atoms with Crippen LogP contribution in [0.5, 0.6) is 0 Å². The van der Waals surface area contributed by atoms with Gasteiger partial charge in [0.15, 0.2) is 0 Å². The number of nitrogens with one attached hydrogen (secondary N) is 2. The molecule has 0 bridgehead atoms. The molecule has 2 aliphatic rings. The normalized spacial score (nSPS) is 27.4. The van der Waals surface area contributed by atoms with E-state index in [1.807, 2.05) is 18.2 Å². The summed E-state index contributed by atoms with van der Waals surface area (Å²) in [5, 5.41) is 17.3. The molecular weight excluding hydrogens is 314 g/mol. The molecule has 1 amide bonds. The summed E-state index contributed by atoms with van der Waals surface area (Å²) in [5.41, 5.74) is -0.176. The Labute approximate surface area is 150 Å². The van der Waals surface area contributed by atoms with E-state index in [0.717, 1.165) is 57.4 Å². The molecule has 0 aliphatic carbocycles. The van der Waals surface area contributed by atoms with E-state index in [1.165, 1.54) is 0 Å². The zero-order valence-electron chi connectivity index (χ0n) is 15.3. The Balaban J connectivity index is 1.73. The standard InChI is InChI=1S/C20H31N3O2/c1-23-14-10-20(11-15-23,17-6-3-2-4-7-17)18(24)22-16-19(25)8-5-12-21-13-9-19/h2-4,6-7,21,25H,5,8-16H2,1H3,(H,22,24)/t19-/m1/s1. The minimum atomic E-state index is -0.789. The summed E-state index contributed by atoms with van der Waals surface area (Å²) in [5.74, 6) is 0.0671. The number of benzene rings is 1. The van der Waals surface area contributed by atoms with Gasteiger partial charge in [0.05, 0.1) is 11.0 Å². The number of rotatable bonds is 4. The molecule has 2 heterocycles. The minimum Gasteiger partial charge on any atom is -0.388 e. The highest BCUT2D eigenvalue weighted by atomic mass is 16.3. The summed E-state index contributed by atoms with van der Waals surface area (Å²) in [4.78, 5) is 15.5. The first-order valence-corrected chi connectivity index (χ1v) is 9.50. The zero-order chi connectivity index (χ0) is 17.8. The van der Waals surface area contributed by atoms with Gasteiger partial charge in [0, 0.05) is 6.54 Å². The van der Waals surface area contributed by atoms with Crippen molar-refractivity contribution in [1.29, 1.82) is 0 Å². The number of hydrogen-bond donors (Lipinski definition) is 3. The van der Waals surface area contributed by atoms with Crippen LogP contribution in [0.4, 0.5) is 0 Å². The molecule has 138 valence electrons. The van der Waals surface area contributed by atoms with E-state index in [4.69, 9.17) is 0 Å². The summed E-state index contributed by atoms with van der Waals surface area (Å²) in [7, 11) is 2.11. The van der Waals surface area contributed by atoms with E-state index in [9.17, 15) is 9.90 Å². The number of piperidine rings is 1. The van der Waals surface area contributed by atoms with Crippen LogP contribution in [0.15, 0.2) is 30.3 Å². The van der Waals surface area contributed by atoms with Crippen molar-refractivity contribution in [3.63, 3.8) is 0 Å².